The van der Waals surface area contributed by atoms with Gasteiger partial charge in [-0.15, -0.1) is 11.3 Å². The number of nitrogens with two attached hydrogens (primary N) is 1. The number of benzene rings is 2. The topological polar surface area (TPSA) is 38.0 Å². The molecule has 1 aromatic heterocycles. The molecule has 3 aromatic rings. The van der Waals surface area contributed by atoms with E-state index in [4.69, 9.17) is 5.84 Å². The minimum atomic E-state index is -0.231. The molecule has 4 heteroatoms. The van der Waals surface area contributed by atoms with Crippen LogP contribution in [0.1, 0.15) is 22.7 Å². The Bertz CT molecular complexity index is 766. The molecule has 3 rings (SSSR count). The molecule has 2 nitrogen and oxygen atoms in total. The Morgan fingerprint density at radius 3 is 2.86 bits per heavy atom. The Hall–Kier alpha value is -1.75. The number of fused-ring (bicyclic) bond motifs is 1. The molecule has 0 amide bonds. The zero-order valence-electron chi connectivity index (χ0n) is 11.8. The summed E-state index contributed by atoms with van der Waals surface area (Å²) in [6, 6.07) is 13.0. The van der Waals surface area contributed by atoms with Gasteiger partial charge in [0.2, 0.25) is 0 Å². The van der Waals surface area contributed by atoms with Crippen LogP contribution in [-0.2, 0) is 6.42 Å². The molecule has 0 bridgehead atoms. The highest BCUT2D eigenvalue weighted by atomic mass is 32.1. The number of halogens is 1. The van der Waals surface area contributed by atoms with Crippen molar-refractivity contribution in [2.24, 2.45) is 5.84 Å². The van der Waals surface area contributed by atoms with Gasteiger partial charge in [0.05, 0.1) is 6.04 Å². The summed E-state index contributed by atoms with van der Waals surface area (Å²) in [5.41, 5.74) is 6.02. The summed E-state index contributed by atoms with van der Waals surface area (Å²) in [5, 5.41) is 3.40. The lowest BCUT2D eigenvalue weighted by Gasteiger charge is -2.18. The molecule has 1 atom stereocenters. The minimum Gasteiger partial charge on any atom is -0.271 e. The highest BCUT2D eigenvalue weighted by molar-refractivity contribution is 7.17. The van der Waals surface area contributed by atoms with Gasteiger partial charge >= 0.3 is 0 Å². The number of rotatable bonds is 4. The number of nitrogens with one attached hydrogen (secondary N) is 1. The highest BCUT2D eigenvalue weighted by Gasteiger charge is 2.16. The van der Waals surface area contributed by atoms with E-state index in [1.54, 1.807) is 23.5 Å². The van der Waals surface area contributed by atoms with Gasteiger partial charge in [-0.3, -0.25) is 11.3 Å². The molecule has 0 fully saturated rings. The van der Waals surface area contributed by atoms with Crippen LogP contribution in [0.15, 0.2) is 47.8 Å². The van der Waals surface area contributed by atoms with E-state index in [0.29, 0.717) is 0 Å². The smallest absolute Gasteiger partial charge is 0.123 e. The maximum atomic E-state index is 13.5. The van der Waals surface area contributed by atoms with Crippen LogP contribution in [-0.4, -0.2) is 0 Å². The summed E-state index contributed by atoms with van der Waals surface area (Å²) in [4.78, 5) is 0. The molecule has 0 saturated carbocycles. The van der Waals surface area contributed by atoms with Crippen molar-refractivity contribution >= 4 is 21.4 Å². The fourth-order valence-electron chi connectivity index (χ4n) is 2.66. The highest BCUT2D eigenvalue weighted by Crippen LogP contribution is 2.30. The van der Waals surface area contributed by atoms with E-state index >= 15 is 0 Å². The molecule has 0 saturated heterocycles. The van der Waals surface area contributed by atoms with Crippen LogP contribution >= 0.6 is 11.3 Å². The van der Waals surface area contributed by atoms with E-state index < -0.39 is 0 Å². The van der Waals surface area contributed by atoms with Gasteiger partial charge in [0.25, 0.3) is 0 Å². The standard InChI is InChI=1S/C17H17FN2S/c1-11-6-7-13(18)9-15(11)16(20-19)8-12-10-21-17-5-3-2-4-14(12)17/h2-7,9-10,16,20H,8,19H2,1H3. The summed E-state index contributed by atoms with van der Waals surface area (Å²) in [6.07, 6.45) is 0.741. The first-order valence-electron chi connectivity index (χ1n) is 6.86. The first-order chi connectivity index (χ1) is 10.2. The third-order valence-electron chi connectivity index (χ3n) is 3.80. The van der Waals surface area contributed by atoms with Crippen molar-refractivity contribution in [1.29, 1.82) is 0 Å². The van der Waals surface area contributed by atoms with Crippen LogP contribution in [0.2, 0.25) is 0 Å². The maximum Gasteiger partial charge on any atom is 0.123 e. The molecule has 0 spiro atoms. The number of hydrogen-bond donors (Lipinski definition) is 2. The Morgan fingerprint density at radius 1 is 1.24 bits per heavy atom. The van der Waals surface area contributed by atoms with Crippen molar-refractivity contribution in [3.63, 3.8) is 0 Å². The van der Waals surface area contributed by atoms with Gasteiger partial charge in [-0.25, -0.2) is 4.39 Å². The van der Waals surface area contributed by atoms with Crippen LogP contribution in [0.5, 0.6) is 0 Å². The molecular weight excluding hydrogens is 283 g/mol. The van der Waals surface area contributed by atoms with Crippen molar-refractivity contribution in [3.8, 4) is 0 Å². The predicted molar refractivity (Wildman–Crippen MR) is 86.7 cm³/mol. The number of thiophene rings is 1. The molecule has 1 heterocycles. The zero-order valence-corrected chi connectivity index (χ0v) is 12.6. The number of hydrazine groups is 1. The summed E-state index contributed by atoms with van der Waals surface area (Å²) in [6.45, 7) is 1.98. The van der Waals surface area contributed by atoms with Crippen LogP contribution in [0.4, 0.5) is 4.39 Å². The first-order valence-corrected chi connectivity index (χ1v) is 7.74. The predicted octanol–water partition coefficient (Wildman–Crippen LogP) is 4.10. The maximum absolute atomic E-state index is 13.5. The van der Waals surface area contributed by atoms with Crippen molar-refractivity contribution < 1.29 is 4.39 Å². The van der Waals surface area contributed by atoms with E-state index in [2.05, 4.69) is 22.9 Å². The monoisotopic (exact) mass is 300 g/mol. The lowest BCUT2D eigenvalue weighted by Crippen LogP contribution is -2.30. The fraction of sp³-hybridized carbons (Fsp3) is 0.176. The lowest BCUT2D eigenvalue weighted by atomic mass is 9.95. The molecule has 2 aromatic carbocycles. The fourth-order valence-corrected chi connectivity index (χ4v) is 3.63. The molecular formula is C17H17FN2S. The average Bonchev–Trinajstić information content (AvgIpc) is 2.91. The summed E-state index contributed by atoms with van der Waals surface area (Å²) < 4.78 is 14.8. The van der Waals surface area contributed by atoms with E-state index in [1.807, 2.05) is 19.1 Å². The zero-order chi connectivity index (χ0) is 14.8. The molecule has 0 aliphatic carbocycles. The van der Waals surface area contributed by atoms with E-state index in [9.17, 15) is 4.39 Å². The molecule has 21 heavy (non-hydrogen) atoms. The Kier molecular flexibility index (Phi) is 4.01. The molecule has 108 valence electrons. The van der Waals surface area contributed by atoms with Gasteiger partial charge in [-0.05, 0) is 59.0 Å². The Morgan fingerprint density at radius 2 is 2.05 bits per heavy atom. The van der Waals surface area contributed by atoms with Crippen LogP contribution in [0.25, 0.3) is 10.1 Å². The van der Waals surface area contributed by atoms with Crippen LogP contribution in [0, 0.1) is 12.7 Å². The van der Waals surface area contributed by atoms with E-state index in [-0.39, 0.29) is 11.9 Å². The second kappa shape index (κ2) is 5.93. The summed E-state index contributed by atoms with van der Waals surface area (Å²) in [5.74, 6) is 5.48. The minimum absolute atomic E-state index is 0.0984. The summed E-state index contributed by atoms with van der Waals surface area (Å²) in [7, 11) is 0. The largest absolute Gasteiger partial charge is 0.271 e. The van der Waals surface area contributed by atoms with Gasteiger partial charge in [0.1, 0.15) is 5.82 Å². The van der Waals surface area contributed by atoms with Crippen LogP contribution < -0.4 is 11.3 Å². The van der Waals surface area contributed by atoms with Gasteiger partial charge in [0.15, 0.2) is 0 Å². The Balaban J connectivity index is 1.96. The molecule has 1 unspecified atom stereocenters. The normalized spacial score (nSPS) is 12.7. The van der Waals surface area contributed by atoms with Crippen molar-refractivity contribution in [2.45, 2.75) is 19.4 Å². The van der Waals surface area contributed by atoms with Crippen LogP contribution in [0.3, 0.4) is 0 Å². The summed E-state index contributed by atoms with van der Waals surface area (Å²) >= 11 is 1.73. The lowest BCUT2D eigenvalue weighted by molar-refractivity contribution is 0.543. The molecule has 0 aliphatic rings. The van der Waals surface area contributed by atoms with Crippen molar-refractivity contribution in [1.82, 2.24) is 5.43 Å². The molecule has 3 N–H and O–H groups in total. The number of aryl methyl sites for hydroxylation is 1. The van der Waals surface area contributed by atoms with Gasteiger partial charge in [0, 0.05) is 4.70 Å². The number of hydrogen-bond acceptors (Lipinski definition) is 3. The van der Waals surface area contributed by atoms with E-state index in [1.165, 1.54) is 21.7 Å². The molecule has 0 radical (unpaired) electrons. The SMILES string of the molecule is Cc1ccc(F)cc1C(Cc1csc2ccccc12)NN. The first kappa shape index (κ1) is 14.2. The Labute approximate surface area is 127 Å². The average molecular weight is 300 g/mol. The van der Waals surface area contributed by atoms with Crippen molar-refractivity contribution in [3.05, 3.63) is 70.4 Å². The van der Waals surface area contributed by atoms with Gasteiger partial charge in [-0.1, -0.05) is 24.3 Å². The quantitative estimate of drug-likeness (QED) is 0.562. The van der Waals surface area contributed by atoms with Crippen molar-refractivity contribution in [2.75, 3.05) is 0 Å². The van der Waals surface area contributed by atoms with E-state index in [0.717, 1.165) is 17.5 Å². The second-order valence-electron chi connectivity index (χ2n) is 5.18. The second-order valence-corrected chi connectivity index (χ2v) is 6.09. The third kappa shape index (κ3) is 2.83. The van der Waals surface area contributed by atoms with Gasteiger partial charge in [-0.2, -0.15) is 0 Å². The van der Waals surface area contributed by atoms with Gasteiger partial charge < -0.3 is 0 Å². The third-order valence-corrected chi connectivity index (χ3v) is 4.82. The molecule has 0 aliphatic heterocycles.